The van der Waals surface area contributed by atoms with Crippen LogP contribution in [-0.2, 0) is 22.5 Å². The molecular weight excluding hydrogens is 457 g/mol. The molecule has 2 radical (unpaired) electrons. The molecule has 0 N–H and O–H groups in total. The van der Waals surface area contributed by atoms with Gasteiger partial charge in [0.15, 0.2) is 0 Å². The maximum Gasteiger partial charge on any atom is 0.249 e. The first-order valence-electron chi connectivity index (χ1n) is 10.7. The molecule has 1 aliphatic heterocycles. The number of aryl methyl sites for hydroxylation is 1. The molecule has 33 heavy (non-hydrogen) atoms. The first kappa shape index (κ1) is 25.8. The van der Waals surface area contributed by atoms with Crippen molar-refractivity contribution in [1.29, 1.82) is 0 Å². The highest BCUT2D eigenvalue weighted by Crippen LogP contribution is 2.39. The van der Waals surface area contributed by atoms with Gasteiger partial charge in [-0.15, -0.1) is 9.24 Å². The van der Waals surface area contributed by atoms with E-state index in [1.54, 1.807) is 18.2 Å². The van der Waals surface area contributed by atoms with Crippen molar-refractivity contribution in [3.05, 3.63) is 71.6 Å². The zero-order chi connectivity index (χ0) is 24.5. The molecule has 5 atom stereocenters. The van der Waals surface area contributed by atoms with Gasteiger partial charge in [-0.3, -0.25) is 9.00 Å². The van der Waals surface area contributed by atoms with E-state index in [1.807, 2.05) is 38.1 Å². The third kappa shape index (κ3) is 5.30. The summed E-state index contributed by atoms with van der Waals surface area (Å²) in [6, 6.07) is 11.3. The Bertz CT molecular complexity index is 1100. The smallest absolute Gasteiger partial charge is 0.249 e. The van der Waals surface area contributed by atoms with Crippen molar-refractivity contribution in [3.63, 3.8) is 0 Å². The minimum Gasteiger partial charge on any atom is -0.760 e. The summed E-state index contributed by atoms with van der Waals surface area (Å²) >= 11 is -2.57. The molecule has 2 aromatic carbocycles. The highest BCUT2D eigenvalue weighted by molar-refractivity contribution is 7.76. The van der Waals surface area contributed by atoms with Gasteiger partial charge in [0.05, 0.1) is 13.9 Å². The van der Waals surface area contributed by atoms with Crippen LogP contribution >= 0.6 is 9.24 Å². The number of hydrogen-bond donors (Lipinski definition) is 0. The maximum atomic E-state index is 15.7. The molecule has 0 aromatic heterocycles. The summed E-state index contributed by atoms with van der Waals surface area (Å²) in [7, 11) is 10.4. The van der Waals surface area contributed by atoms with Crippen LogP contribution in [0.3, 0.4) is 0 Å². The number of likely N-dealkylation sites (tertiary alicyclic amines) is 1. The summed E-state index contributed by atoms with van der Waals surface area (Å²) in [4.78, 5) is 14.6. The van der Waals surface area contributed by atoms with E-state index in [1.165, 1.54) is 11.9 Å². The number of nitrogens with zero attached hydrogens (tertiary/aromatic N) is 2. The molecule has 0 bridgehead atoms. The Hall–Kier alpha value is -1.86. The lowest BCUT2D eigenvalue weighted by Crippen LogP contribution is -2.52. The van der Waals surface area contributed by atoms with Gasteiger partial charge < -0.3 is 9.45 Å². The van der Waals surface area contributed by atoms with E-state index < -0.39 is 34.2 Å². The van der Waals surface area contributed by atoms with Crippen molar-refractivity contribution in [2.45, 2.75) is 43.8 Å². The standard InChI is InChI=1S/C24H29BFN2O3PS/c1-5-16(3)23(29)28-14-24(25,32)22(27(4)33(30)31)20(28)13-18-10-7-11-19(21(18)26)17-9-6-8-15(2)12-17/h6-12,20,22H,3,5,13-14,32H2,1-2,4H3,(H,30,31)/p-1. The topological polar surface area (TPSA) is 63.7 Å². The number of hydrogen-bond acceptors (Lipinski definition) is 3. The molecule has 5 unspecified atom stereocenters. The molecule has 3 rings (SSSR count). The largest absolute Gasteiger partial charge is 0.760 e. The lowest BCUT2D eigenvalue weighted by Gasteiger charge is -2.38. The van der Waals surface area contributed by atoms with E-state index in [9.17, 15) is 13.6 Å². The maximum absolute atomic E-state index is 15.7. The van der Waals surface area contributed by atoms with Crippen molar-refractivity contribution in [2.24, 2.45) is 0 Å². The minimum absolute atomic E-state index is 0.103. The molecule has 2 aromatic rings. The van der Waals surface area contributed by atoms with Crippen LogP contribution < -0.4 is 0 Å². The molecule has 1 heterocycles. The predicted molar refractivity (Wildman–Crippen MR) is 134 cm³/mol. The van der Waals surface area contributed by atoms with Crippen LogP contribution in [0.25, 0.3) is 11.1 Å². The van der Waals surface area contributed by atoms with Gasteiger partial charge in [0.2, 0.25) is 5.91 Å². The van der Waals surface area contributed by atoms with E-state index in [2.05, 4.69) is 15.8 Å². The van der Waals surface area contributed by atoms with Gasteiger partial charge in [0.1, 0.15) is 5.82 Å². The number of carbonyl (C=O) groups excluding carboxylic acids is 1. The average Bonchev–Trinajstić information content (AvgIpc) is 3.03. The van der Waals surface area contributed by atoms with Gasteiger partial charge in [0, 0.05) is 35.0 Å². The molecule has 1 aliphatic rings. The predicted octanol–water partition coefficient (Wildman–Crippen LogP) is 3.36. The normalized spacial score (nSPS) is 23.7. The lowest BCUT2D eigenvalue weighted by atomic mass is 9.79. The van der Waals surface area contributed by atoms with Gasteiger partial charge in [-0.1, -0.05) is 61.5 Å². The second kappa shape index (κ2) is 10.2. The Morgan fingerprint density at radius 3 is 2.67 bits per heavy atom. The van der Waals surface area contributed by atoms with Crippen LogP contribution in [0.1, 0.15) is 24.5 Å². The molecular formula is C24H28BFN2O3PS-. The number of rotatable bonds is 7. The van der Waals surface area contributed by atoms with E-state index in [0.717, 1.165) is 15.4 Å². The molecule has 5 nitrogen and oxygen atoms in total. The van der Waals surface area contributed by atoms with Crippen molar-refractivity contribution >= 4 is 34.3 Å². The number of likely N-dealkylation sites (N-methyl/N-ethyl adjacent to an activating group) is 1. The van der Waals surface area contributed by atoms with E-state index in [0.29, 0.717) is 23.1 Å². The molecule has 1 amide bonds. The zero-order valence-corrected chi connectivity index (χ0v) is 21.1. The summed E-state index contributed by atoms with van der Waals surface area (Å²) in [6.07, 6.45) is 0.551. The van der Waals surface area contributed by atoms with Gasteiger partial charge in [-0.2, -0.15) is 0 Å². The summed E-state index contributed by atoms with van der Waals surface area (Å²) < 4.78 is 40.5. The highest BCUT2D eigenvalue weighted by Gasteiger charge is 2.50. The second-order valence-electron chi connectivity index (χ2n) is 8.63. The van der Waals surface area contributed by atoms with Gasteiger partial charge >= 0.3 is 0 Å². The van der Waals surface area contributed by atoms with Crippen LogP contribution in [-0.4, -0.2) is 62.5 Å². The lowest BCUT2D eigenvalue weighted by molar-refractivity contribution is -0.128. The fourth-order valence-corrected chi connectivity index (χ4v) is 5.78. The van der Waals surface area contributed by atoms with Crippen molar-refractivity contribution < 1.29 is 17.9 Å². The second-order valence-corrected chi connectivity index (χ2v) is 10.7. The molecule has 0 spiro atoms. The van der Waals surface area contributed by atoms with Crippen molar-refractivity contribution in [3.8, 4) is 11.1 Å². The third-order valence-corrected chi connectivity index (χ3v) is 7.43. The Morgan fingerprint density at radius 2 is 2.06 bits per heavy atom. The van der Waals surface area contributed by atoms with Crippen LogP contribution in [0.5, 0.6) is 0 Å². The van der Waals surface area contributed by atoms with Gasteiger partial charge in [-0.05, 0) is 43.0 Å². The van der Waals surface area contributed by atoms with Crippen molar-refractivity contribution in [1.82, 2.24) is 9.21 Å². The Morgan fingerprint density at radius 1 is 1.39 bits per heavy atom. The summed E-state index contributed by atoms with van der Waals surface area (Å²) in [5.74, 6) is -0.699. The summed E-state index contributed by atoms with van der Waals surface area (Å²) in [5.41, 5.74) is 2.99. The van der Waals surface area contributed by atoms with Crippen LogP contribution in [0.4, 0.5) is 4.39 Å². The van der Waals surface area contributed by atoms with E-state index in [-0.39, 0.29) is 18.9 Å². The Balaban J connectivity index is 2.06. The zero-order valence-electron chi connectivity index (χ0n) is 19.1. The fraction of sp³-hybridized carbons (Fsp3) is 0.375. The number of benzene rings is 2. The molecule has 0 saturated carbocycles. The third-order valence-electron chi connectivity index (χ3n) is 6.21. The van der Waals surface area contributed by atoms with Crippen molar-refractivity contribution in [2.75, 3.05) is 13.6 Å². The minimum atomic E-state index is -2.57. The van der Waals surface area contributed by atoms with Crippen LogP contribution in [0.15, 0.2) is 54.6 Å². The number of carbonyl (C=O) groups is 1. The molecule has 0 aliphatic carbocycles. The number of amides is 1. The van der Waals surface area contributed by atoms with Crippen LogP contribution in [0, 0.1) is 12.7 Å². The van der Waals surface area contributed by atoms with E-state index in [4.69, 9.17) is 7.85 Å². The molecule has 174 valence electrons. The monoisotopic (exact) mass is 485 g/mol. The SMILES string of the molecule is [B]C1(P)CN(C(=O)C(=C)CC)C(Cc2cccc(-c3cccc(C)c3)c2F)C1N(C)S(=O)[O-]. The fourth-order valence-electron chi connectivity index (χ4n) is 4.50. The highest BCUT2D eigenvalue weighted by atomic mass is 32.2. The molecule has 1 fully saturated rings. The average molecular weight is 485 g/mol. The van der Waals surface area contributed by atoms with E-state index >= 15 is 4.39 Å². The van der Waals surface area contributed by atoms with Crippen LogP contribution in [0.2, 0.25) is 0 Å². The number of halogens is 1. The molecule has 9 heteroatoms. The Kier molecular flexibility index (Phi) is 7.95. The summed E-state index contributed by atoms with van der Waals surface area (Å²) in [6.45, 7) is 7.71. The molecule has 1 saturated heterocycles. The Labute approximate surface area is 201 Å². The van der Waals surface area contributed by atoms with Gasteiger partial charge in [-0.25, -0.2) is 8.70 Å². The van der Waals surface area contributed by atoms with Gasteiger partial charge in [0.25, 0.3) is 0 Å². The first-order chi connectivity index (χ1) is 15.5. The quantitative estimate of drug-likeness (QED) is 0.262. The summed E-state index contributed by atoms with van der Waals surface area (Å²) in [5, 5.41) is -1.10. The first-order valence-corrected chi connectivity index (χ1v) is 12.3.